The number of aryl methyl sites for hydroxylation is 3. The van der Waals surface area contributed by atoms with Crippen molar-refractivity contribution in [1.29, 1.82) is 0 Å². The van der Waals surface area contributed by atoms with Crippen molar-refractivity contribution in [3.63, 3.8) is 0 Å². The number of fused-ring (bicyclic) bond motifs is 2. The van der Waals surface area contributed by atoms with E-state index in [9.17, 15) is 9.59 Å². The lowest BCUT2D eigenvalue weighted by molar-refractivity contribution is -0.152. The van der Waals surface area contributed by atoms with Crippen LogP contribution in [-0.2, 0) is 46.4 Å². The quantitative estimate of drug-likeness (QED) is 0.705. The van der Waals surface area contributed by atoms with Crippen LogP contribution in [0.15, 0.2) is 30.3 Å². The number of nitrogens with one attached hydrogen (secondary N) is 1. The number of amides is 1. The van der Waals surface area contributed by atoms with Gasteiger partial charge in [-0.05, 0) is 80.2 Å². The fourth-order valence-corrected chi connectivity index (χ4v) is 4.69. The van der Waals surface area contributed by atoms with E-state index >= 15 is 0 Å². The second-order valence-corrected chi connectivity index (χ2v) is 8.20. The Hall–Kier alpha value is -2.82. The molecule has 1 N–H and O–H groups in total. The van der Waals surface area contributed by atoms with E-state index < -0.39 is 18.2 Å². The first kappa shape index (κ1) is 20.5. The summed E-state index contributed by atoms with van der Waals surface area (Å²) in [7, 11) is 0. The number of hydrogen-bond acceptors (Lipinski definition) is 4. The molecule has 0 saturated carbocycles. The Balaban J connectivity index is 1.53. The molecule has 2 aromatic carbocycles. The van der Waals surface area contributed by atoms with Crippen LogP contribution in [0.25, 0.3) is 0 Å². The Bertz CT molecular complexity index is 934. The zero-order valence-electron chi connectivity index (χ0n) is 17.8. The Labute approximate surface area is 177 Å². The number of esters is 1. The molecular weight excluding hydrogens is 378 g/mol. The Morgan fingerprint density at radius 1 is 1.03 bits per heavy atom. The third-order valence-corrected chi connectivity index (χ3v) is 6.00. The molecule has 0 radical (unpaired) electrons. The molecule has 0 heterocycles. The summed E-state index contributed by atoms with van der Waals surface area (Å²) in [6, 6.07) is 10.2. The standard InChI is InChI=1S/C25H29NO4/c1-3-29-24(27)22(14-17-8-4-7-16(2)13-17)30-25(28)26-23-20-11-5-9-18(20)15-19-10-6-12-21(19)23/h4,7-8,13,15,22H,3,5-6,9-12,14H2,1-2H3,(H,26,28)/t22-/m1/s1. The molecule has 2 aromatic rings. The second-order valence-electron chi connectivity index (χ2n) is 8.20. The third kappa shape index (κ3) is 4.35. The summed E-state index contributed by atoms with van der Waals surface area (Å²) >= 11 is 0. The monoisotopic (exact) mass is 407 g/mol. The highest BCUT2D eigenvalue weighted by Gasteiger charge is 2.28. The van der Waals surface area contributed by atoms with Crippen molar-refractivity contribution in [2.75, 3.05) is 11.9 Å². The van der Waals surface area contributed by atoms with Gasteiger partial charge in [-0.3, -0.25) is 5.32 Å². The molecule has 0 unspecified atom stereocenters. The van der Waals surface area contributed by atoms with Gasteiger partial charge in [0.15, 0.2) is 0 Å². The molecule has 5 nitrogen and oxygen atoms in total. The zero-order valence-corrected chi connectivity index (χ0v) is 17.8. The average Bonchev–Trinajstić information content (AvgIpc) is 3.37. The smallest absolute Gasteiger partial charge is 0.412 e. The van der Waals surface area contributed by atoms with Gasteiger partial charge in [0.1, 0.15) is 0 Å². The molecule has 0 saturated heterocycles. The van der Waals surface area contributed by atoms with Crippen molar-refractivity contribution in [2.24, 2.45) is 0 Å². The molecule has 2 aliphatic rings. The van der Waals surface area contributed by atoms with E-state index in [2.05, 4.69) is 11.4 Å². The molecule has 0 fully saturated rings. The van der Waals surface area contributed by atoms with Crippen molar-refractivity contribution >= 4 is 17.7 Å². The maximum Gasteiger partial charge on any atom is 0.412 e. The first-order chi connectivity index (χ1) is 14.5. The van der Waals surface area contributed by atoms with Crippen LogP contribution < -0.4 is 5.32 Å². The molecule has 0 spiro atoms. The third-order valence-electron chi connectivity index (χ3n) is 6.00. The van der Waals surface area contributed by atoms with Gasteiger partial charge in [-0.15, -0.1) is 0 Å². The van der Waals surface area contributed by atoms with Crippen LogP contribution in [0.3, 0.4) is 0 Å². The summed E-state index contributed by atoms with van der Waals surface area (Å²) < 4.78 is 10.8. The highest BCUT2D eigenvalue weighted by molar-refractivity contribution is 5.90. The summed E-state index contributed by atoms with van der Waals surface area (Å²) in [5.74, 6) is -0.516. The zero-order chi connectivity index (χ0) is 21.1. The number of anilines is 1. The van der Waals surface area contributed by atoms with Crippen molar-refractivity contribution < 1.29 is 19.1 Å². The van der Waals surface area contributed by atoms with Gasteiger partial charge in [-0.25, -0.2) is 9.59 Å². The molecule has 0 bridgehead atoms. The minimum absolute atomic E-state index is 0.244. The highest BCUT2D eigenvalue weighted by atomic mass is 16.6. The molecule has 5 heteroatoms. The fraction of sp³-hybridized carbons (Fsp3) is 0.440. The molecule has 30 heavy (non-hydrogen) atoms. The van der Waals surface area contributed by atoms with Gasteiger partial charge >= 0.3 is 12.1 Å². The van der Waals surface area contributed by atoms with Gasteiger partial charge in [0.25, 0.3) is 0 Å². The van der Waals surface area contributed by atoms with Crippen LogP contribution in [0.1, 0.15) is 53.1 Å². The molecular formula is C25H29NO4. The summed E-state index contributed by atoms with van der Waals surface area (Å²) in [6.07, 6.45) is 5.02. The molecule has 0 aliphatic heterocycles. The van der Waals surface area contributed by atoms with Crippen molar-refractivity contribution in [3.05, 3.63) is 63.7 Å². The number of carbonyl (C=O) groups is 2. The minimum atomic E-state index is -0.975. The average molecular weight is 408 g/mol. The predicted molar refractivity (Wildman–Crippen MR) is 116 cm³/mol. The lowest BCUT2D eigenvalue weighted by atomic mass is 9.99. The van der Waals surface area contributed by atoms with Gasteiger partial charge < -0.3 is 9.47 Å². The summed E-state index contributed by atoms with van der Waals surface area (Å²) in [5, 5.41) is 3.00. The van der Waals surface area contributed by atoms with E-state index in [1.807, 2.05) is 31.2 Å². The summed E-state index contributed by atoms with van der Waals surface area (Å²) in [4.78, 5) is 25.3. The maximum absolute atomic E-state index is 12.8. The number of ether oxygens (including phenoxy) is 2. The van der Waals surface area contributed by atoms with Crippen molar-refractivity contribution in [1.82, 2.24) is 0 Å². The number of benzene rings is 2. The summed E-state index contributed by atoms with van der Waals surface area (Å²) in [5.41, 5.74) is 8.09. The van der Waals surface area contributed by atoms with E-state index in [1.54, 1.807) is 6.92 Å². The first-order valence-corrected chi connectivity index (χ1v) is 10.9. The molecule has 2 aliphatic carbocycles. The normalized spacial score (nSPS) is 15.3. The number of carbonyl (C=O) groups excluding carboxylic acids is 2. The van der Waals surface area contributed by atoms with E-state index in [0.717, 1.165) is 55.3 Å². The van der Waals surface area contributed by atoms with Gasteiger partial charge in [0, 0.05) is 6.42 Å². The second kappa shape index (κ2) is 8.90. The van der Waals surface area contributed by atoms with Gasteiger partial charge in [-0.2, -0.15) is 0 Å². The molecule has 158 valence electrons. The first-order valence-electron chi connectivity index (χ1n) is 10.9. The number of hydrogen-bond donors (Lipinski definition) is 1. The predicted octanol–water partition coefficient (Wildman–Crippen LogP) is 4.70. The Morgan fingerprint density at radius 3 is 2.37 bits per heavy atom. The van der Waals surface area contributed by atoms with Crippen LogP contribution in [0, 0.1) is 6.92 Å². The molecule has 1 atom stereocenters. The van der Waals surface area contributed by atoms with Crippen LogP contribution in [0.5, 0.6) is 0 Å². The van der Waals surface area contributed by atoms with E-state index in [4.69, 9.17) is 9.47 Å². The van der Waals surface area contributed by atoms with Gasteiger partial charge in [0.2, 0.25) is 6.10 Å². The number of rotatable bonds is 6. The van der Waals surface area contributed by atoms with Crippen LogP contribution >= 0.6 is 0 Å². The van der Waals surface area contributed by atoms with E-state index in [-0.39, 0.29) is 6.61 Å². The lowest BCUT2D eigenvalue weighted by Gasteiger charge is -2.20. The van der Waals surface area contributed by atoms with Crippen molar-refractivity contribution in [2.45, 2.75) is 64.9 Å². The molecule has 4 rings (SSSR count). The minimum Gasteiger partial charge on any atom is -0.463 e. The van der Waals surface area contributed by atoms with Gasteiger partial charge in [0.05, 0.1) is 12.3 Å². The summed E-state index contributed by atoms with van der Waals surface area (Å²) in [6.45, 7) is 3.99. The van der Waals surface area contributed by atoms with Crippen LogP contribution in [-0.4, -0.2) is 24.8 Å². The lowest BCUT2D eigenvalue weighted by Crippen LogP contribution is -2.33. The fourth-order valence-electron chi connectivity index (χ4n) is 4.69. The van der Waals surface area contributed by atoms with Crippen molar-refractivity contribution in [3.8, 4) is 0 Å². The van der Waals surface area contributed by atoms with Crippen LogP contribution in [0.2, 0.25) is 0 Å². The molecule has 0 aromatic heterocycles. The topological polar surface area (TPSA) is 64.6 Å². The highest BCUT2D eigenvalue weighted by Crippen LogP contribution is 2.38. The Kier molecular flexibility index (Phi) is 6.07. The van der Waals surface area contributed by atoms with Crippen LogP contribution in [0.4, 0.5) is 10.5 Å². The van der Waals surface area contributed by atoms with Gasteiger partial charge in [-0.1, -0.05) is 35.9 Å². The van der Waals surface area contributed by atoms with E-state index in [1.165, 1.54) is 22.3 Å². The maximum atomic E-state index is 12.8. The molecule has 1 amide bonds. The van der Waals surface area contributed by atoms with E-state index in [0.29, 0.717) is 6.42 Å². The Morgan fingerprint density at radius 2 is 1.73 bits per heavy atom. The SMILES string of the molecule is CCOC(=O)[C@@H](Cc1cccc(C)c1)OC(=O)Nc1c2c(cc3c1CCC3)CCC2. The largest absolute Gasteiger partial charge is 0.463 e.